The quantitative estimate of drug-likeness (QED) is 0.915. The van der Waals surface area contributed by atoms with Crippen LogP contribution in [0.1, 0.15) is 47.7 Å². The van der Waals surface area contributed by atoms with Gasteiger partial charge in [0.1, 0.15) is 0 Å². The maximum absolute atomic E-state index is 12.3. The average molecular weight is 274 g/mol. The molecule has 1 N–H and O–H groups in total. The lowest BCUT2D eigenvalue weighted by molar-refractivity contribution is 0.0911. The van der Waals surface area contributed by atoms with Crippen molar-refractivity contribution < 1.29 is 4.79 Å². The van der Waals surface area contributed by atoms with Crippen molar-refractivity contribution in [2.45, 2.75) is 46.1 Å². The second-order valence-corrected chi connectivity index (χ2v) is 5.97. The molecule has 1 heterocycles. The first kappa shape index (κ1) is 15.0. The van der Waals surface area contributed by atoms with E-state index in [2.05, 4.69) is 23.2 Å². The molecule has 0 atom stereocenters. The maximum atomic E-state index is 12.3. The van der Waals surface area contributed by atoms with Crippen molar-refractivity contribution in [2.24, 2.45) is 0 Å². The number of nitrogens with one attached hydrogen (secondary N) is 1. The summed E-state index contributed by atoms with van der Waals surface area (Å²) in [5.41, 5.74) is 3.08. The Labute approximate surface area is 122 Å². The van der Waals surface area contributed by atoms with Crippen molar-refractivity contribution in [1.29, 1.82) is 0 Å². The highest BCUT2D eigenvalue weighted by Crippen LogP contribution is 2.13. The molecule has 3 nitrogen and oxygen atoms in total. The Bertz CT molecular complexity index is 442. The fourth-order valence-electron chi connectivity index (χ4n) is 2.99. The van der Waals surface area contributed by atoms with E-state index in [-0.39, 0.29) is 5.91 Å². The molecule has 110 valence electrons. The number of hydrogen-bond acceptors (Lipinski definition) is 2. The molecule has 1 aromatic rings. The van der Waals surface area contributed by atoms with Crippen molar-refractivity contribution in [2.75, 3.05) is 19.6 Å². The Balaban J connectivity index is 1.89. The van der Waals surface area contributed by atoms with Crippen LogP contribution in [0.25, 0.3) is 0 Å². The number of piperidine rings is 1. The molecule has 0 aliphatic carbocycles. The van der Waals surface area contributed by atoms with Gasteiger partial charge in [-0.15, -0.1) is 0 Å². The minimum absolute atomic E-state index is 0.0748. The molecule has 1 aliphatic rings. The Morgan fingerprint density at radius 1 is 1.20 bits per heavy atom. The predicted molar refractivity (Wildman–Crippen MR) is 83.1 cm³/mol. The first-order valence-corrected chi connectivity index (χ1v) is 7.70. The van der Waals surface area contributed by atoms with E-state index < -0.39 is 0 Å². The molecule has 0 aromatic heterocycles. The van der Waals surface area contributed by atoms with E-state index in [0.717, 1.165) is 42.6 Å². The topological polar surface area (TPSA) is 32.3 Å². The van der Waals surface area contributed by atoms with Crippen molar-refractivity contribution >= 4 is 5.91 Å². The summed E-state index contributed by atoms with van der Waals surface area (Å²) in [5, 5.41) is 3.19. The highest BCUT2D eigenvalue weighted by molar-refractivity contribution is 5.94. The molecule has 0 spiro atoms. The second kappa shape index (κ2) is 6.89. The number of benzene rings is 1. The molecule has 1 saturated heterocycles. The number of hydrogen-bond donors (Lipinski definition) is 1. The third-order valence-electron chi connectivity index (χ3n) is 3.95. The number of carbonyl (C=O) groups is 1. The number of nitrogens with zero attached hydrogens (tertiary/aromatic N) is 1. The van der Waals surface area contributed by atoms with E-state index in [9.17, 15) is 4.79 Å². The zero-order valence-electron chi connectivity index (χ0n) is 12.9. The first-order valence-electron chi connectivity index (χ1n) is 7.70. The van der Waals surface area contributed by atoms with Crippen LogP contribution < -0.4 is 5.32 Å². The zero-order valence-corrected chi connectivity index (χ0v) is 12.9. The van der Waals surface area contributed by atoms with Crippen LogP contribution in [-0.2, 0) is 0 Å². The molecule has 1 aliphatic heterocycles. The number of carbonyl (C=O) groups excluding carboxylic acids is 1. The lowest BCUT2D eigenvalue weighted by Crippen LogP contribution is -2.44. The summed E-state index contributed by atoms with van der Waals surface area (Å²) < 4.78 is 0. The van der Waals surface area contributed by atoms with Gasteiger partial charge in [-0.2, -0.15) is 0 Å². The van der Waals surface area contributed by atoms with Gasteiger partial charge in [-0.25, -0.2) is 0 Å². The Hall–Kier alpha value is -1.35. The monoisotopic (exact) mass is 274 g/mol. The van der Waals surface area contributed by atoms with E-state index >= 15 is 0 Å². The van der Waals surface area contributed by atoms with Crippen LogP contribution in [0.4, 0.5) is 0 Å². The molecule has 1 amide bonds. The van der Waals surface area contributed by atoms with E-state index in [1.807, 2.05) is 26.0 Å². The van der Waals surface area contributed by atoms with Gasteiger partial charge in [0, 0.05) is 24.7 Å². The van der Waals surface area contributed by atoms with Crippen LogP contribution in [0.2, 0.25) is 0 Å². The van der Waals surface area contributed by atoms with Crippen LogP contribution in [0.15, 0.2) is 18.2 Å². The largest absolute Gasteiger partial charge is 0.349 e. The third-order valence-corrected chi connectivity index (χ3v) is 3.95. The van der Waals surface area contributed by atoms with E-state index in [0.29, 0.717) is 6.04 Å². The van der Waals surface area contributed by atoms with Crippen LogP contribution in [0.3, 0.4) is 0 Å². The second-order valence-electron chi connectivity index (χ2n) is 5.97. The van der Waals surface area contributed by atoms with Crippen LogP contribution in [0, 0.1) is 13.8 Å². The molecular weight excluding hydrogens is 248 g/mol. The van der Waals surface area contributed by atoms with Crippen molar-refractivity contribution in [3.05, 3.63) is 34.9 Å². The minimum Gasteiger partial charge on any atom is -0.349 e. The SMILES string of the molecule is CCCN1CCC(NC(=O)c2cc(C)cc(C)c2)CC1. The van der Waals surface area contributed by atoms with Gasteiger partial charge in [-0.05, 0) is 51.8 Å². The Kier molecular flexibility index (Phi) is 5.18. The fourth-order valence-corrected chi connectivity index (χ4v) is 2.99. The van der Waals surface area contributed by atoms with Crippen molar-refractivity contribution in [3.8, 4) is 0 Å². The van der Waals surface area contributed by atoms with Crippen LogP contribution in [0.5, 0.6) is 0 Å². The van der Waals surface area contributed by atoms with E-state index in [1.54, 1.807) is 0 Å². The zero-order chi connectivity index (χ0) is 14.5. The maximum Gasteiger partial charge on any atom is 0.251 e. The molecule has 1 fully saturated rings. The predicted octanol–water partition coefficient (Wildman–Crippen LogP) is 2.91. The summed E-state index contributed by atoms with van der Waals surface area (Å²) >= 11 is 0. The Morgan fingerprint density at radius 3 is 2.35 bits per heavy atom. The average Bonchev–Trinajstić information content (AvgIpc) is 2.40. The van der Waals surface area contributed by atoms with Gasteiger partial charge in [0.2, 0.25) is 0 Å². The van der Waals surface area contributed by atoms with Crippen molar-refractivity contribution in [3.63, 3.8) is 0 Å². The highest BCUT2D eigenvalue weighted by atomic mass is 16.1. The number of aryl methyl sites for hydroxylation is 2. The smallest absolute Gasteiger partial charge is 0.251 e. The molecule has 3 heteroatoms. The first-order chi connectivity index (χ1) is 9.58. The van der Waals surface area contributed by atoms with Gasteiger partial charge in [-0.1, -0.05) is 24.1 Å². The summed E-state index contributed by atoms with van der Waals surface area (Å²) in [6.07, 6.45) is 3.34. The van der Waals surface area contributed by atoms with Gasteiger partial charge < -0.3 is 10.2 Å². The highest BCUT2D eigenvalue weighted by Gasteiger charge is 2.20. The van der Waals surface area contributed by atoms with Gasteiger partial charge in [0.05, 0.1) is 0 Å². The van der Waals surface area contributed by atoms with E-state index in [4.69, 9.17) is 0 Å². The normalized spacial score (nSPS) is 17.1. The number of amides is 1. The minimum atomic E-state index is 0.0748. The summed E-state index contributed by atoms with van der Waals surface area (Å²) in [6.45, 7) is 9.67. The van der Waals surface area contributed by atoms with Gasteiger partial charge >= 0.3 is 0 Å². The van der Waals surface area contributed by atoms with Gasteiger partial charge in [0.25, 0.3) is 5.91 Å². The van der Waals surface area contributed by atoms with Gasteiger partial charge in [-0.3, -0.25) is 4.79 Å². The molecule has 0 saturated carbocycles. The van der Waals surface area contributed by atoms with Crippen LogP contribution in [-0.4, -0.2) is 36.5 Å². The Morgan fingerprint density at radius 2 is 1.80 bits per heavy atom. The molecule has 0 bridgehead atoms. The standard InChI is InChI=1S/C17H26N2O/c1-4-7-19-8-5-16(6-9-19)18-17(20)15-11-13(2)10-14(3)12-15/h10-12,16H,4-9H2,1-3H3,(H,18,20). The summed E-state index contributed by atoms with van der Waals surface area (Å²) in [4.78, 5) is 14.8. The fraction of sp³-hybridized carbons (Fsp3) is 0.588. The van der Waals surface area contributed by atoms with Crippen LogP contribution >= 0.6 is 0 Å². The lowest BCUT2D eigenvalue weighted by Gasteiger charge is -2.32. The number of rotatable bonds is 4. The molecular formula is C17H26N2O. The summed E-state index contributed by atoms with van der Waals surface area (Å²) in [7, 11) is 0. The van der Waals surface area contributed by atoms with Crippen molar-refractivity contribution in [1.82, 2.24) is 10.2 Å². The lowest BCUT2D eigenvalue weighted by atomic mass is 10.0. The molecule has 20 heavy (non-hydrogen) atoms. The summed E-state index contributed by atoms with van der Waals surface area (Å²) in [6, 6.07) is 6.36. The molecule has 1 aromatic carbocycles. The third kappa shape index (κ3) is 4.07. The molecule has 0 unspecified atom stereocenters. The van der Waals surface area contributed by atoms with E-state index in [1.165, 1.54) is 13.0 Å². The molecule has 2 rings (SSSR count). The van der Waals surface area contributed by atoms with Gasteiger partial charge in [0.15, 0.2) is 0 Å². The molecule has 0 radical (unpaired) electrons. The summed E-state index contributed by atoms with van der Waals surface area (Å²) in [5.74, 6) is 0.0748. The number of likely N-dealkylation sites (tertiary alicyclic amines) is 1.